The van der Waals surface area contributed by atoms with Gasteiger partial charge in [0.05, 0.1) is 35.2 Å². The summed E-state index contributed by atoms with van der Waals surface area (Å²) in [5.74, 6) is 1.42. The predicted octanol–water partition coefficient (Wildman–Crippen LogP) is 6.86. The summed E-state index contributed by atoms with van der Waals surface area (Å²) in [4.78, 5) is 18.1. The largest absolute Gasteiger partial charge is 0.496 e. The Balaban J connectivity index is 1.47. The lowest BCUT2D eigenvalue weighted by Gasteiger charge is -2.06. The third kappa shape index (κ3) is 4.13. The fourth-order valence-electron chi connectivity index (χ4n) is 4.08. The molecule has 0 spiro atoms. The van der Waals surface area contributed by atoms with Crippen LogP contribution in [0.2, 0.25) is 0 Å². The first-order chi connectivity index (χ1) is 18.0. The molecule has 0 saturated heterocycles. The number of ether oxygens (including phenoxy) is 1. The van der Waals surface area contributed by atoms with Crippen LogP contribution in [0.5, 0.6) is 5.75 Å². The number of hydrogen-bond donors (Lipinski definition) is 0. The van der Waals surface area contributed by atoms with Gasteiger partial charge in [-0.3, -0.25) is 4.79 Å². The SMILES string of the molecule is COc1cccc2oc(-c3nc4ccccc4c(=O)n3N=Cc3ccc(-c4ccc(Br)cc4F)o3)cc12. The van der Waals surface area contributed by atoms with Gasteiger partial charge in [0.25, 0.3) is 5.56 Å². The highest BCUT2D eigenvalue weighted by Crippen LogP contribution is 2.33. The van der Waals surface area contributed by atoms with Crippen molar-refractivity contribution in [2.75, 3.05) is 7.11 Å². The quantitative estimate of drug-likeness (QED) is 0.216. The molecule has 0 N–H and O–H groups in total. The third-order valence-corrected chi connectivity index (χ3v) is 6.33. The molecule has 0 bridgehead atoms. The zero-order valence-corrected chi connectivity index (χ0v) is 20.9. The van der Waals surface area contributed by atoms with Gasteiger partial charge in [-0.2, -0.15) is 9.78 Å². The zero-order valence-electron chi connectivity index (χ0n) is 19.3. The number of nitrogens with zero attached hydrogens (tertiary/aromatic N) is 3. The van der Waals surface area contributed by atoms with E-state index in [4.69, 9.17) is 13.6 Å². The van der Waals surface area contributed by atoms with E-state index in [9.17, 15) is 9.18 Å². The molecule has 37 heavy (non-hydrogen) atoms. The summed E-state index contributed by atoms with van der Waals surface area (Å²) in [5.41, 5.74) is 1.02. The Kier molecular flexibility index (Phi) is 5.69. The number of para-hydroxylation sites is 1. The molecule has 0 amide bonds. The van der Waals surface area contributed by atoms with Crippen molar-refractivity contribution in [1.82, 2.24) is 9.66 Å². The van der Waals surface area contributed by atoms with E-state index >= 15 is 0 Å². The molecule has 3 aromatic carbocycles. The first-order valence-corrected chi connectivity index (χ1v) is 12.0. The second kappa shape index (κ2) is 9.18. The number of aromatic nitrogens is 2. The number of furan rings is 2. The van der Waals surface area contributed by atoms with E-state index < -0.39 is 5.82 Å². The van der Waals surface area contributed by atoms with Crippen molar-refractivity contribution in [3.8, 4) is 28.7 Å². The molecular weight excluding hydrogens is 541 g/mol. The van der Waals surface area contributed by atoms with Gasteiger partial charge in [0, 0.05) is 4.47 Å². The van der Waals surface area contributed by atoms with Crippen molar-refractivity contribution in [2.24, 2.45) is 5.10 Å². The van der Waals surface area contributed by atoms with E-state index in [0.29, 0.717) is 49.6 Å². The van der Waals surface area contributed by atoms with E-state index in [2.05, 4.69) is 26.0 Å². The fraction of sp³-hybridized carbons (Fsp3) is 0.0357. The Labute approximate surface area is 217 Å². The Hall–Kier alpha value is -4.50. The number of hydrogen-bond acceptors (Lipinski definition) is 6. The molecule has 0 aliphatic rings. The van der Waals surface area contributed by atoms with Crippen molar-refractivity contribution in [2.45, 2.75) is 0 Å². The maximum atomic E-state index is 14.4. The number of fused-ring (bicyclic) bond motifs is 2. The standard InChI is InChI=1S/C28H17BrFN3O4/c1-35-23-7-4-8-24-20(23)14-26(37-24)27-32-22-6-3-2-5-19(22)28(34)33(27)31-15-17-10-12-25(36-17)18-11-9-16(29)13-21(18)30/h2-15H,1H3. The summed E-state index contributed by atoms with van der Waals surface area (Å²) in [7, 11) is 1.58. The lowest BCUT2D eigenvalue weighted by atomic mass is 10.1. The molecule has 0 fully saturated rings. The zero-order chi connectivity index (χ0) is 25.5. The Morgan fingerprint density at radius 2 is 1.84 bits per heavy atom. The van der Waals surface area contributed by atoms with Crippen LogP contribution in [-0.2, 0) is 0 Å². The van der Waals surface area contributed by atoms with E-state index in [0.717, 1.165) is 10.1 Å². The van der Waals surface area contributed by atoms with Crippen molar-refractivity contribution in [3.05, 3.63) is 105 Å². The second-order valence-corrected chi connectivity index (χ2v) is 9.04. The van der Waals surface area contributed by atoms with E-state index in [-0.39, 0.29) is 11.4 Å². The topological polar surface area (TPSA) is 82.8 Å². The van der Waals surface area contributed by atoms with Gasteiger partial charge < -0.3 is 13.6 Å². The highest BCUT2D eigenvalue weighted by molar-refractivity contribution is 9.10. The minimum atomic E-state index is -0.426. The number of methoxy groups -OCH3 is 1. The molecule has 9 heteroatoms. The monoisotopic (exact) mass is 557 g/mol. The summed E-state index contributed by atoms with van der Waals surface area (Å²) in [6.07, 6.45) is 1.38. The summed E-state index contributed by atoms with van der Waals surface area (Å²) >= 11 is 3.25. The maximum Gasteiger partial charge on any atom is 0.282 e. The molecule has 0 aliphatic carbocycles. The summed E-state index contributed by atoms with van der Waals surface area (Å²) < 4.78 is 33.4. The second-order valence-electron chi connectivity index (χ2n) is 8.12. The van der Waals surface area contributed by atoms with Gasteiger partial charge in [0.2, 0.25) is 5.82 Å². The lowest BCUT2D eigenvalue weighted by Crippen LogP contribution is -2.20. The Morgan fingerprint density at radius 1 is 0.973 bits per heavy atom. The van der Waals surface area contributed by atoms with Crippen LogP contribution in [0.15, 0.2) is 102 Å². The number of halogens is 2. The van der Waals surface area contributed by atoms with Crippen LogP contribution in [0.3, 0.4) is 0 Å². The van der Waals surface area contributed by atoms with Crippen molar-refractivity contribution >= 4 is 44.0 Å². The Morgan fingerprint density at radius 3 is 2.68 bits per heavy atom. The van der Waals surface area contributed by atoms with Crippen LogP contribution in [-0.4, -0.2) is 23.0 Å². The van der Waals surface area contributed by atoms with Gasteiger partial charge in [0.1, 0.15) is 28.7 Å². The molecule has 6 aromatic rings. The molecule has 0 atom stereocenters. The van der Waals surface area contributed by atoms with Gasteiger partial charge >= 0.3 is 0 Å². The molecule has 182 valence electrons. The van der Waals surface area contributed by atoms with Gasteiger partial charge in [0.15, 0.2) is 5.76 Å². The highest BCUT2D eigenvalue weighted by Gasteiger charge is 2.18. The first kappa shape index (κ1) is 22.9. The number of rotatable bonds is 5. The molecule has 0 radical (unpaired) electrons. The van der Waals surface area contributed by atoms with Crippen LogP contribution >= 0.6 is 15.9 Å². The van der Waals surface area contributed by atoms with Crippen molar-refractivity contribution in [1.29, 1.82) is 0 Å². The molecule has 0 unspecified atom stereocenters. The normalized spacial score (nSPS) is 11.6. The molecule has 3 heterocycles. The van der Waals surface area contributed by atoms with Crippen molar-refractivity contribution < 1.29 is 18.0 Å². The lowest BCUT2D eigenvalue weighted by molar-refractivity contribution is 0.419. The van der Waals surface area contributed by atoms with E-state index in [1.54, 1.807) is 67.8 Å². The number of benzene rings is 3. The van der Waals surface area contributed by atoms with Crippen LogP contribution < -0.4 is 10.3 Å². The molecule has 6 rings (SSSR count). The predicted molar refractivity (Wildman–Crippen MR) is 143 cm³/mol. The Bertz CT molecular complexity index is 1890. The van der Waals surface area contributed by atoms with Crippen LogP contribution in [0.25, 0.3) is 44.8 Å². The van der Waals surface area contributed by atoms with E-state index in [1.807, 2.05) is 12.1 Å². The van der Waals surface area contributed by atoms with Crippen LogP contribution in [0.4, 0.5) is 4.39 Å². The van der Waals surface area contributed by atoms with Crippen LogP contribution in [0, 0.1) is 5.82 Å². The van der Waals surface area contributed by atoms with Gasteiger partial charge in [-0.25, -0.2) is 9.37 Å². The molecule has 0 saturated carbocycles. The average molecular weight is 558 g/mol. The maximum absolute atomic E-state index is 14.4. The van der Waals surface area contributed by atoms with E-state index in [1.165, 1.54) is 12.3 Å². The van der Waals surface area contributed by atoms with Gasteiger partial charge in [-0.15, -0.1) is 0 Å². The fourth-order valence-corrected chi connectivity index (χ4v) is 4.42. The smallest absolute Gasteiger partial charge is 0.282 e. The minimum absolute atomic E-state index is 0.212. The molecular formula is C28H17BrFN3O4. The summed E-state index contributed by atoms with van der Waals surface area (Å²) in [5, 5.41) is 5.53. The minimum Gasteiger partial charge on any atom is -0.496 e. The molecule has 7 nitrogen and oxygen atoms in total. The highest BCUT2D eigenvalue weighted by atomic mass is 79.9. The summed E-state index contributed by atoms with van der Waals surface area (Å²) in [6.45, 7) is 0. The average Bonchev–Trinajstić information content (AvgIpc) is 3.55. The molecule has 3 aromatic heterocycles. The van der Waals surface area contributed by atoms with Gasteiger partial charge in [-0.05, 0) is 60.7 Å². The third-order valence-electron chi connectivity index (χ3n) is 5.84. The summed E-state index contributed by atoms with van der Waals surface area (Å²) in [6, 6.07) is 22.2. The molecule has 0 aliphatic heterocycles. The first-order valence-electron chi connectivity index (χ1n) is 11.2. The van der Waals surface area contributed by atoms with Crippen LogP contribution in [0.1, 0.15) is 5.76 Å². The van der Waals surface area contributed by atoms with Crippen molar-refractivity contribution in [3.63, 3.8) is 0 Å². The van der Waals surface area contributed by atoms with Gasteiger partial charge in [-0.1, -0.05) is 34.1 Å².